The summed E-state index contributed by atoms with van der Waals surface area (Å²) in [6, 6.07) is 0. The van der Waals surface area contributed by atoms with Gasteiger partial charge in [0, 0.05) is 19.3 Å². The number of carbonyl (C=O) groups is 4. The quantitative estimate of drug-likeness (QED) is 0.0228. The molecule has 1 rings (SSSR count). The predicted octanol–water partition coefficient (Wildman–Crippen LogP) is 17.2. The molecular formula is C69H114O12. The van der Waals surface area contributed by atoms with Crippen LogP contribution in [-0.2, 0) is 42.9 Å². The highest BCUT2D eigenvalue weighted by Gasteiger charge is 2.50. The molecule has 1 aliphatic heterocycles. The Balaban J connectivity index is 2.68. The first-order valence-electron chi connectivity index (χ1n) is 32.2. The van der Waals surface area contributed by atoms with Crippen molar-refractivity contribution in [1.29, 1.82) is 0 Å². The number of aliphatic hydroxyl groups excluding tert-OH is 2. The second kappa shape index (κ2) is 56.1. The van der Waals surface area contributed by atoms with Crippen LogP contribution in [-0.4, -0.2) is 89.2 Å². The van der Waals surface area contributed by atoms with E-state index in [1.807, 2.05) is 0 Å². The molecule has 0 spiro atoms. The zero-order valence-electron chi connectivity index (χ0n) is 51.0. The third kappa shape index (κ3) is 45.8. The topological polar surface area (TPSA) is 175 Å². The molecule has 0 aromatic heterocycles. The van der Waals surface area contributed by atoms with Gasteiger partial charge in [-0.05, 0) is 116 Å². The lowest BCUT2D eigenvalue weighted by molar-refractivity contribution is -0.301. The first-order chi connectivity index (χ1) is 39.6. The summed E-state index contributed by atoms with van der Waals surface area (Å²) in [7, 11) is 0. The SMILES string of the molecule is CC/C=C\C/C=C\C/C=C\C/C=C\CCCCCCC(=O)OCC(COC1OC(C(=O)O)C(O)C(O)C1OC(=O)CCCCCCCCCCC/C=C\CCCCCCCC)OC(=O)CCCCCCC/C=C\C/C=C\C/C=C\CC. The van der Waals surface area contributed by atoms with Crippen molar-refractivity contribution in [3.63, 3.8) is 0 Å². The van der Waals surface area contributed by atoms with Crippen LogP contribution in [0.5, 0.6) is 0 Å². The van der Waals surface area contributed by atoms with E-state index < -0.39 is 67.3 Å². The molecule has 1 saturated heterocycles. The van der Waals surface area contributed by atoms with E-state index in [1.54, 1.807) is 0 Å². The number of carboxylic acids is 1. The summed E-state index contributed by atoms with van der Waals surface area (Å²) >= 11 is 0. The van der Waals surface area contributed by atoms with Gasteiger partial charge >= 0.3 is 23.9 Å². The van der Waals surface area contributed by atoms with Crippen LogP contribution in [0.25, 0.3) is 0 Å². The Kier molecular flexibility index (Phi) is 51.7. The fourth-order valence-electron chi connectivity index (χ4n) is 9.25. The molecular weight excluding hydrogens is 1020 g/mol. The van der Waals surface area contributed by atoms with Crippen molar-refractivity contribution in [2.75, 3.05) is 13.2 Å². The van der Waals surface area contributed by atoms with Crippen LogP contribution in [0, 0.1) is 0 Å². The van der Waals surface area contributed by atoms with Gasteiger partial charge in [-0.25, -0.2) is 4.79 Å². The van der Waals surface area contributed by atoms with Crippen molar-refractivity contribution in [2.45, 2.75) is 302 Å². The van der Waals surface area contributed by atoms with Crippen molar-refractivity contribution >= 4 is 23.9 Å². The Bertz CT molecular complexity index is 1780. The molecule has 1 heterocycles. The maximum atomic E-state index is 13.2. The van der Waals surface area contributed by atoms with Gasteiger partial charge in [-0.15, -0.1) is 0 Å². The molecule has 462 valence electrons. The average Bonchev–Trinajstić information content (AvgIpc) is 3.53. The number of carbonyl (C=O) groups excluding carboxylic acids is 3. The number of rotatable bonds is 54. The molecule has 6 unspecified atom stereocenters. The maximum Gasteiger partial charge on any atom is 0.335 e. The van der Waals surface area contributed by atoms with E-state index >= 15 is 0 Å². The molecule has 0 radical (unpaired) electrons. The zero-order chi connectivity index (χ0) is 58.9. The summed E-state index contributed by atoms with van der Waals surface area (Å²) in [6.45, 7) is 5.75. The Morgan fingerprint density at radius 2 is 0.778 bits per heavy atom. The minimum atomic E-state index is -1.91. The van der Waals surface area contributed by atoms with Crippen molar-refractivity contribution in [1.82, 2.24) is 0 Å². The molecule has 1 fully saturated rings. The Hall–Kier alpha value is -4.36. The van der Waals surface area contributed by atoms with Crippen LogP contribution in [0.15, 0.2) is 97.2 Å². The van der Waals surface area contributed by atoms with Crippen LogP contribution in [0.1, 0.15) is 265 Å². The summed E-state index contributed by atoms with van der Waals surface area (Å²) in [5, 5.41) is 31.6. The highest BCUT2D eigenvalue weighted by molar-refractivity contribution is 5.74. The lowest BCUT2D eigenvalue weighted by Crippen LogP contribution is -2.61. The average molecular weight is 1140 g/mol. The lowest BCUT2D eigenvalue weighted by atomic mass is 9.98. The highest BCUT2D eigenvalue weighted by atomic mass is 16.7. The smallest absolute Gasteiger partial charge is 0.335 e. The van der Waals surface area contributed by atoms with Gasteiger partial charge in [-0.1, -0.05) is 227 Å². The summed E-state index contributed by atoms with van der Waals surface area (Å²) in [6.07, 6.45) is 62.2. The van der Waals surface area contributed by atoms with Crippen molar-refractivity contribution in [3.8, 4) is 0 Å². The van der Waals surface area contributed by atoms with Gasteiger partial charge in [0.05, 0.1) is 6.61 Å². The van der Waals surface area contributed by atoms with E-state index in [-0.39, 0.29) is 25.9 Å². The maximum absolute atomic E-state index is 13.2. The predicted molar refractivity (Wildman–Crippen MR) is 331 cm³/mol. The Morgan fingerprint density at radius 1 is 0.420 bits per heavy atom. The summed E-state index contributed by atoms with van der Waals surface area (Å²) in [4.78, 5) is 51.3. The summed E-state index contributed by atoms with van der Waals surface area (Å²) in [5.41, 5.74) is 0. The van der Waals surface area contributed by atoms with Crippen molar-refractivity contribution in [2.24, 2.45) is 0 Å². The third-order valence-corrected chi connectivity index (χ3v) is 14.1. The first-order valence-corrected chi connectivity index (χ1v) is 32.2. The van der Waals surface area contributed by atoms with E-state index in [9.17, 15) is 34.5 Å². The summed E-state index contributed by atoms with van der Waals surface area (Å²) < 4.78 is 28.5. The van der Waals surface area contributed by atoms with Gasteiger partial charge in [0.15, 0.2) is 24.6 Å². The third-order valence-electron chi connectivity index (χ3n) is 14.1. The monoisotopic (exact) mass is 1130 g/mol. The molecule has 12 nitrogen and oxygen atoms in total. The fraction of sp³-hybridized carbons (Fsp3) is 0.710. The minimum absolute atomic E-state index is 0.0503. The minimum Gasteiger partial charge on any atom is -0.479 e. The molecule has 0 aromatic rings. The summed E-state index contributed by atoms with van der Waals surface area (Å²) in [5.74, 6) is -3.18. The molecule has 1 aliphatic rings. The molecule has 0 aromatic carbocycles. The zero-order valence-corrected chi connectivity index (χ0v) is 51.0. The lowest BCUT2D eigenvalue weighted by Gasteiger charge is -2.40. The second-order valence-electron chi connectivity index (χ2n) is 21.6. The van der Waals surface area contributed by atoms with Gasteiger partial charge in [0.1, 0.15) is 18.8 Å². The molecule has 12 heteroatoms. The molecule has 0 saturated carbocycles. The molecule has 0 aliphatic carbocycles. The van der Waals surface area contributed by atoms with E-state index in [4.69, 9.17) is 23.7 Å². The van der Waals surface area contributed by atoms with Crippen LogP contribution in [0.3, 0.4) is 0 Å². The number of carboxylic acid groups (broad SMARTS) is 1. The van der Waals surface area contributed by atoms with Crippen LogP contribution in [0.4, 0.5) is 0 Å². The number of allylic oxidation sites excluding steroid dienone is 16. The standard InChI is InChI=1S/C69H114O12/c1-4-7-10-13-16-19-22-25-28-30-31-33-36-39-42-45-48-51-54-57-63(72)80-67-65(74)64(73)66(68(75)76)81-69(67)78-59-60(79-62(71)56-53-50-47-44-41-38-34-27-24-21-18-15-12-9-6-3)58-77-61(70)55-52-49-46-43-40-37-35-32-29-26-23-20-17-14-11-8-5-2/h8-9,11-12,17-18,20-21,25-29,34-35,37,60,64-67,69,73-74H,4-7,10,13-16,19,22-24,30-33,36,38-59H2,1-3H3,(H,75,76)/b11-8-,12-9-,20-17-,21-18-,28-25-,29-26-,34-27-,37-35-. The number of unbranched alkanes of at least 4 members (excludes halogenated alkanes) is 24. The van der Waals surface area contributed by atoms with E-state index in [0.29, 0.717) is 19.3 Å². The first kappa shape index (κ1) is 74.7. The van der Waals surface area contributed by atoms with Crippen LogP contribution in [0.2, 0.25) is 0 Å². The van der Waals surface area contributed by atoms with Crippen molar-refractivity contribution < 1.29 is 58.2 Å². The fourth-order valence-corrected chi connectivity index (χ4v) is 9.25. The van der Waals surface area contributed by atoms with E-state index in [2.05, 4.69) is 118 Å². The molecule has 0 amide bonds. The molecule has 81 heavy (non-hydrogen) atoms. The number of esters is 3. The second-order valence-corrected chi connectivity index (χ2v) is 21.6. The van der Waals surface area contributed by atoms with E-state index in [0.717, 1.165) is 135 Å². The number of aliphatic hydroxyl groups is 2. The van der Waals surface area contributed by atoms with Gasteiger partial charge < -0.3 is 39.0 Å². The van der Waals surface area contributed by atoms with Gasteiger partial charge in [-0.3, -0.25) is 14.4 Å². The number of aliphatic carboxylic acids is 1. The largest absolute Gasteiger partial charge is 0.479 e. The number of hydrogen-bond donors (Lipinski definition) is 3. The molecule has 0 bridgehead atoms. The Morgan fingerprint density at radius 3 is 1.20 bits per heavy atom. The van der Waals surface area contributed by atoms with Crippen LogP contribution >= 0.6 is 0 Å². The van der Waals surface area contributed by atoms with Gasteiger partial charge in [0.2, 0.25) is 0 Å². The van der Waals surface area contributed by atoms with Gasteiger partial charge in [0.25, 0.3) is 0 Å². The molecule has 6 atom stereocenters. The van der Waals surface area contributed by atoms with Crippen LogP contribution < -0.4 is 0 Å². The van der Waals surface area contributed by atoms with Gasteiger partial charge in [-0.2, -0.15) is 0 Å². The van der Waals surface area contributed by atoms with Crippen molar-refractivity contribution in [3.05, 3.63) is 97.2 Å². The number of hydrogen-bond acceptors (Lipinski definition) is 11. The highest BCUT2D eigenvalue weighted by Crippen LogP contribution is 2.26. The Labute approximate surface area is 492 Å². The molecule has 3 N–H and O–H groups in total. The van der Waals surface area contributed by atoms with E-state index in [1.165, 1.54) is 70.6 Å². The number of ether oxygens (including phenoxy) is 5. The normalized spacial score (nSPS) is 18.4.